The van der Waals surface area contributed by atoms with Crippen LogP contribution in [0, 0.1) is 0 Å². The molecule has 0 aromatic heterocycles. The minimum atomic E-state index is -2.28. The predicted octanol–water partition coefficient (Wildman–Crippen LogP) is -8.24. The van der Waals surface area contributed by atoms with Crippen LogP contribution in [-0.4, -0.2) is 104 Å². The minimum absolute atomic E-state index is 0. The van der Waals surface area contributed by atoms with Crippen molar-refractivity contribution in [3.8, 4) is 17.2 Å². The summed E-state index contributed by atoms with van der Waals surface area (Å²) < 4.78 is 26.2. The molecule has 5 rings (SSSR count). The fourth-order valence-electron chi connectivity index (χ4n) is 5.44. The van der Waals surface area contributed by atoms with E-state index in [1.54, 1.807) is 0 Å². The van der Waals surface area contributed by atoms with Gasteiger partial charge >= 0.3 is 133 Å². The van der Waals surface area contributed by atoms with Gasteiger partial charge in [-0.2, -0.15) is 0 Å². The summed E-state index contributed by atoms with van der Waals surface area (Å²) in [6.07, 6.45) is -10.1. The van der Waals surface area contributed by atoms with Crippen LogP contribution in [0.15, 0.2) is 42.5 Å². The van der Waals surface area contributed by atoms with E-state index in [1.165, 1.54) is 24.3 Å². The number of aliphatic carboxylic acids is 2. The largest absolute Gasteiger partial charge is 1.00 e. The standard InChI is InChI=1S/C29H26O17.2K/c30-13-6-4-11(8-14(13)31)5-7-18(34)44-27-23(37)22(36)21(35)16(43-27)10-42-26(40)12-2-1-3-15-19(12)20-24(25(38)39)45-28(41)29(20,46-15)9-17(32)33;;/h1-8,16,20-24,27,30-31,35-37H,9-10H2,(H,32,33)(H,38,39);;/q;2*+1/p-2/b7-5+;;/t16-,20-,21-,22+,23-,24-,27+,29-;;/m1../s1. The zero-order valence-electron chi connectivity index (χ0n) is 25.2. The van der Waals surface area contributed by atoms with Crippen molar-refractivity contribution in [1.29, 1.82) is 0 Å². The van der Waals surface area contributed by atoms with Crippen LogP contribution in [0.1, 0.15) is 33.8 Å². The zero-order chi connectivity index (χ0) is 33.5. The topological polar surface area (TPSA) is 279 Å². The van der Waals surface area contributed by atoms with Gasteiger partial charge in [-0.1, -0.05) is 24.3 Å². The van der Waals surface area contributed by atoms with Crippen LogP contribution < -0.4 is 118 Å². The molecule has 3 heterocycles. The minimum Gasteiger partial charge on any atom is -0.873 e. The van der Waals surface area contributed by atoms with E-state index in [-0.39, 0.29) is 125 Å². The third-order valence-electron chi connectivity index (χ3n) is 7.59. The van der Waals surface area contributed by atoms with Crippen LogP contribution in [0.4, 0.5) is 0 Å². The Labute approximate surface area is 355 Å². The maximum absolute atomic E-state index is 13.2. The molecule has 0 bridgehead atoms. The normalized spacial score (nSPS) is 28.5. The number of hydrogen-bond donors (Lipinski definition) is 5. The number of esters is 3. The smallest absolute Gasteiger partial charge is 0.873 e. The molecule has 19 heteroatoms. The van der Waals surface area contributed by atoms with Crippen LogP contribution in [0.25, 0.3) is 6.08 Å². The van der Waals surface area contributed by atoms with Crippen molar-refractivity contribution in [3.63, 3.8) is 0 Å². The fraction of sp³-hybridized carbons (Fsp3) is 0.345. The van der Waals surface area contributed by atoms with Crippen LogP contribution in [-0.2, 0) is 38.1 Å². The Morgan fingerprint density at radius 2 is 1.67 bits per heavy atom. The van der Waals surface area contributed by atoms with E-state index in [9.17, 15) is 59.7 Å². The number of rotatable bonds is 9. The van der Waals surface area contributed by atoms with Gasteiger partial charge in [-0.3, -0.25) is 4.79 Å². The number of benzene rings is 2. The summed E-state index contributed by atoms with van der Waals surface area (Å²) in [5.74, 6) is -9.94. The van der Waals surface area contributed by atoms with Crippen molar-refractivity contribution in [2.75, 3.05) is 6.61 Å². The molecule has 2 aromatic rings. The van der Waals surface area contributed by atoms with Gasteiger partial charge in [0.2, 0.25) is 18.0 Å². The summed E-state index contributed by atoms with van der Waals surface area (Å²) >= 11 is 0. The SMILES string of the molecule is O=C(O)C[C@@]12Oc3cccc(C(=O)OC[C@H]4O[C@@H](OC(=O)/C=C/c5ccc([O-])c([O-])c5)[C@H](O)[C@@H](O)[C@@H]4O)c3[C@@H]1[C@H](C(=O)O)OC2=O.[K+].[K+]. The Morgan fingerprint density at radius 3 is 2.31 bits per heavy atom. The molecule has 2 fully saturated rings. The van der Waals surface area contributed by atoms with E-state index in [0.717, 1.165) is 24.3 Å². The number of aliphatic hydroxyl groups excluding tert-OH is 3. The molecule has 8 atom stereocenters. The number of cyclic esters (lactones) is 1. The average molecular weight is 723 g/mol. The number of carboxylic acids is 2. The molecule has 0 spiro atoms. The Kier molecular flexibility index (Phi) is 13.8. The van der Waals surface area contributed by atoms with Gasteiger partial charge in [-0.15, -0.1) is 11.5 Å². The quantitative estimate of drug-likeness (QED) is 0.0695. The second kappa shape index (κ2) is 16.4. The fourth-order valence-corrected chi connectivity index (χ4v) is 5.44. The Balaban J connectivity index is 0.00000312. The molecule has 3 aliphatic heterocycles. The molecule has 244 valence electrons. The Hall–Kier alpha value is -1.96. The van der Waals surface area contributed by atoms with Gasteiger partial charge in [0.1, 0.15) is 36.8 Å². The van der Waals surface area contributed by atoms with Crippen LogP contribution >= 0.6 is 0 Å². The van der Waals surface area contributed by atoms with Crippen LogP contribution in [0.5, 0.6) is 17.2 Å². The summed E-state index contributed by atoms with van der Waals surface area (Å²) in [6, 6.07) is 7.02. The van der Waals surface area contributed by atoms with Crippen LogP contribution in [0.3, 0.4) is 0 Å². The molecule has 0 amide bonds. The molecule has 0 aliphatic carbocycles. The summed E-state index contributed by atoms with van der Waals surface area (Å²) in [4.78, 5) is 61.8. The molecular weight excluding hydrogens is 698 g/mol. The molecular formula is C29H24K2O17. The van der Waals surface area contributed by atoms with E-state index in [2.05, 4.69) is 0 Å². The molecule has 2 aromatic carbocycles. The number of hydrogen-bond acceptors (Lipinski definition) is 15. The number of aliphatic hydroxyl groups is 3. The zero-order valence-corrected chi connectivity index (χ0v) is 31.5. The predicted molar refractivity (Wildman–Crippen MR) is 140 cm³/mol. The maximum Gasteiger partial charge on any atom is 1.00 e. The first-order valence-corrected chi connectivity index (χ1v) is 13.4. The average Bonchev–Trinajstić information content (AvgIpc) is 3.47. The number of carbonyl (C=O) groups is 5. The van der Waals surface area contributed by atoms with Crippen molar-refractivity contribution < 1.29 is 186 Å². The van der Waals surface area contributed by atoms with E-state index in [0.29, 0.717) is 0 Å². The summed E-state index contributed by atoms with van der Waals surface area (Å²) in [5, 5.41) is 72.9. The molecule has 0 saturated carbocycles. The van der Waals surface area contributed by atoms with Crippen LogP contribution in [0.2, 0.25) is 0 Å². The number of carboxylic acid groups (broad SMARTS) is 2. The molecule has 0 radical (unpaired) electrons. The van der Waals surface area contributed by atoms with Gasteiger partial charge in [-0.25, -0.2) is 19.2 Å². The van der Waals surface area contributed by atoms with E-state index >= 15 is 0 Å². The monoisotopic (exact) mass is 722 g/mol. The first kappa shape index (κ1) is 40.5. The van der Waals surface area contributed by atoms with Crippen molar-refractivity contribution >= 4 is 35.9 Å². The van der Waals surface area contributed by atoms with Gasteiger partial charge in [0.25, 0.3) is 0 Å². The van der Waals surface area contributed by atoms with Gasteiger partial charge in [0, 0.05) is 11.6 Å². The first-order chi connectivity index (χ1) is 21.7. The van der Waals surface area contributed by atoms with Gasteiger partial charge < -0.3 is 59.4 Å². The van der Waals surface area contributed by atoms with Crippen molar-refractivity contribution in [2.24, 2.45) is 0 Å². The molecule has 2 saturated heterocycles. The number of carbonyl (C=O) groups excluding carboxylic acids is 3. The summed E-state index contributed by atoms with van der Waals surface area (Å²) in [7, 11) is 0. The third-order valence-corrected chi connectivity index (χ3v) is 7.59. The van der Waals surface area contributed by atoms with Crippen molar-refractivity contribution in [2.45, 2.75) is 54.7 Å². The van der Waals surface area contributed by atoms with Gasteiger partial charge in [-0.05, 0) is 23.8 Å². The number of ether oxygens (including phenoxy) is 5. The van der Waals surface area contributed by atoms with Gasteiger partial charge in [0.05, 0.1) is 17.9 Å². The van der Waals surface area contributed by atoms with E-state index in [1.807, 2.05) is 0 Å². The summed E-state index contributed by atoms with van der Waals surface area (Å²) in [5.41, 5.74) is -2.59. The Morgan fingerprint density at radius 1 is 0.958 bits per heavy atom. The second-order valence-corrected chi connectivity index (χ2v) is 10.5. The summed E-state index contributed by atoms with van der Waals surface area (Å²) in [6.45, 7) is -0.811. The molecule has 5 N–H and O–H groups in total. The van der Waals surface area contributed by atoms with E-state index < -0.39 is 103 Å². The van der Waals surface area contributed by atoms with Gasteiger partial charge in [0.15, 0.2) is 0 Å². The third kappa shape index (κ3) is 7.99. The molecule has 3 aliphatic rings. The number of fused-ring (bicyclic) bond motifs is 3. The first-order valence-electron chi connectivity index (χ1n) is 13.4. The maximum atomic E-state index is 13.2. The molecule has 48 heavy (non-hydrogen) atoms. The van der Waals surface area contributed by atoms with E-state index in [4.69, 9.17) is 23.7 Å². The Bertz CT molecular complexity index is 1630. The molecule has 17 nitrogen and oxygen atoms in total. The van der Waals surface area contributed by atoms with Crippen molar-refractivity contribution in [1.82, 2.24) is 0 Å². The molecule has 0 unspecified atom stereocenters. The second-order valence-electron chi connectivity index (χ2n) is 10.5. The van der Waals surface area contributed by atoms with Crippen molar-refractivity contribution in [3.05, 3.63) is 59.2 Å².